The average Bonchev–Trinajstić information content (AvgIpc) is 2.45. The molecule has 0 aliphatic heterocycles. The number of carbonyl (C=O) groups excluding carboxylic acids is 2. The quantitative estimate of drug-likeness (QED) is 0.479. The summed E-state index contributed by atoms with van der Waals surface area (Å²) in [5, 5.41) is 0.284. The number of halogens is 2. The molecule has 0 atom stereocenters. The van der Waals surface area contributed by atoms with E-state index in [0.717, 1.165) is 4.47 Å². The largest absolute Gasteiger partial charge is 0.454 e. The first-order chi connectivity index (χ1) is 9.56. The first-order valence-corrected chi connectivity index (χ1v) is 6.81. The van der Waals surface area contributed by atoms with Crippen LogP contribution >= 0.6 is 27.5 Å². The summed E-state index contributed by atoms with van der Waals surface area (Å²) in [5.74, 6) is -0.890. The normalized spacial score (nSPS) is 10.1. The standard InChI is InChI=1S/C14H9BrClNO3/c15-11-3-1-2-9(6-11)12(18)8-20-14(19)10-4-5-13(16)17-7-10/h1-7H,8H2. The fourth-order valence-corrected chi connectivity index (χ4v) is 1.97. The van der Waals surface area contributed by atoms with Crippen LogP contribution in [0.25, 0.3) is 0 Å². The molecule has 0 amide bonds. The Morgan fingerprint density at radius 1 is 1.20 bits per heavy atom. The van der Waals surface area contributed by atoms with Crippen molar-refractivity contribution in [1.29, 1.82) is 0 Å². The second-order valence-corrected chi connectivity index (χ2v) is 5.18. The minimum atomic E-state index is -0.613. The van der Waals surface area contributed by atoms with Crippen LogP contribution < -0.4 is 0 Å². The van der Waals surface area contributed by atoms with E-state index in [4.69, 9.17) is 16.3 Å². The number of hydrogen-bond acceptors (Lipinski definition) is 4. The van der Waals surface area contributed by atoms with Crippen molar-refractivity contribution in [2.24, 2.45) is 0 Å². The van der Waals surface area contributed by atoms with Crippen molar-refractivity contribution in [3.8, 4) is 0 Å². The van der Waals surface area contributed by atoms with Gasteiger partial charge >= 0.3 is 5.97 Å². The van der Waals surface area contributed by atoms with Gasteiger partial charge in [-0.25, -0.2) is 9.78 Å². The molecule has 2 rings (SSSR count). The maximum atomic E-state index is 11.9. The molecule has 6 heteroatoms. The molecule has 4 nitrogen and oxygen atoms in total. The molecule has 2 aromatic rings. The van der Waals surface area contributed by atoms with E-state index in [9.17, 15) is 9.59 Å². The number of ether oxygens (including phenoxy) is 1. The molecule has 0 fully saturated rings. The summed E-state index contributed by atoms with van der Waals surface area (Å²) < 4.78 is 5.73. The molecule has 1 aromatic heterocycles. The predicted octanol–water partition coefficient (Wildman–Crippen LogP) is 3.54. The summed E-state index contributed by atoms with van der Waals surface area (Å²) in [5.41, 5.74) is 0.720. The summed E-state index contributed by atoms with van der Waals surface area (Å²) in [6.07, 6.45) is 1.30. The number of rotatable bonds is 4. The molecule has 1 heterocycles. The fraction of sp³-hybridized carbons (Fsp3) is 0.0714. The molecule has 0 aliphatic rings. The van der Waals surface area contributed by atoms with Gasteiger partial charge < -0.3 is 4.74 Å². The highest BCUT2D eigenvalue weighted by molar-refractivity contribution is 9.10. The van der Waals surface area contributed by atoms with Crippen LogP contribution in [0.4, 0.5) is 0 Å². The van der Waals surface area contributed by atoms with Crippen molar-refractivity contribution < 1.29 is 14.3 Å². The van der Waals surface area contributed by atoms with E-state index in [1.807, 2.05) is 6.07 Å². The van der Waals surface area contributed by atoms with E-state index in [1.54, 1.807) is 18.2 Å². The lowest BCUT2D eigenvalue weighted by atomic mass is 10.1. The van der Waals surface area contributed by atoms with Crippen LogP contribution in [0.5, 0.6) is 0 Å². The Hall–Kier alpha value is -1.72. The highest BCUT2D eigenvalue weighted by Gasteiger charge is 2.12. The minimum absolute atomic E-state index is 0.247. The number of aromatic nitrogens is 1. The van der Waals surface area contributed by atoms with Crippen LogP contribution in [0, 0.1) is 0 Å². The summed E-state index contributed by atoms with van der Waals surface area (Å²) in [4.78, 5) is 27.3. The molecule has 0 N–H and O–H groups in total. The monoisotopic (exact) mass is 353 g/mol. The molecule has 102 valence electrons. The molecule has 0 unspecified atom stereocenters. The zero-order valence-electron chi connectivity index (χ0n) is 10.2. The first kappa shape index (κ1) is 14.7. The van der Waals surface area contributed by atoms with Gasteiger partial charge in [-0.3, -0.25) is 4.79 Å². The highest BCUT2D eigenvalue weighted by atomic mass is 79.9. The van der Waals surface area contributed by atoms with Crippen LogP contribution in [0.3, 0.4) is 0 Å². The number of nitrogens with zero attached hydrogens (tertiary/aromatic N) is 1. The maximum absolute atomic E-state index is 11.9. The zero-order valence-corrected chi connectivity index (χ0v) is 12.5. The SMILES string of the molecule is O=C(COC(=O)c1ccc(Cl)nc1)c1cccc(Br)c1. The molecule has 0 radical (unpaired) electrons. The van der Waals surface area contributed by atoms with Gasteiger partial charge in [0.15, 0.2) is 12.4 Å². The molecule has 20 heavy (non-hydrogen) atoms. The zero-order chi connectivity index (χ0) is 14.5. The molecule has 0 aliphatic carbocycles. The summed E-state index contributed by atoms with van der Waals surface area (Å²) >= 11 is 8.89. The van der Waals surface area contributed by atoms with Crippen molar-refractivity contribution in [2.45, 2.75) is 0 Å². The summed E-state index contributed by atoms with van der Waals surface area (Å²) in [6, 6.07) is 9.84. The van der Waals surface area contributed by atoms with Gasteiger partial charge in [0.2, 0.25) is 0 Å². The van der Waals surface area contributed by atoms with Crippen molar-refractivity contribution in [2.75, 3.05) is 6.61 Å². The smallest absolute Gasteiger partial charge is 0.340 e. The van der Waals surface area contributed by atoms with Crippen molar-refractivity contribution in [3.05, 3.63) is 63.3 Å². The molecule has 0 bridgehead atoms. The Labute approximate surface area is 128 Å². The van der Waals surface area contributed by atoms with Crippen molar-refractivity contribution >= 4 is 39.3 Å². The van der Waals surface area contributed by atoms with Gasteiger partial charge in [-0.2, -0.15) is 0 Å². The molecule has 1 aromatic carbocycles. The molecule has 0 saturated heterocycles. The highest BCUT2D eigenvalue weighted by Crippen LogP contribution is 2.12. The Morgan fingerprint density at radius 2 is 2.00 bits per heavy atom. The Bertz CT molecular complexity index is 643. The molecule has 0 saturated carbocycles. The fourth-order valence-electron chi connectivity index (χ4n) is 1.46. The van der Waals surface area contributed by atoms with E-state index in [0.29, 0.717) is 5.56 Å². The summed E-state index contributed by atoms with van der Waals surface area (Å²) in [7, 11) is 0. The first-order valence-electron chi connectivity index (χ1n) is 5.64. The lowest BCUT2D eigenvalue weighted by Gasteiger charge is -2.04. The van der Waals surface area contributed by atoms with Gasteiger partial charge in [0.1, 0.15) is 5.15 Å². The van der Waals surface area contributed by atoms with Crippen LogP contribution in [-0.4, -0.2) is 23.3 Å². The van der Waals surface area contributed by atoms with E-state index in [-0.39, 0.29) is 23.1 Å². The van der Waals surface area contributed by atoms with Crippen LogP contribution in [-0.2, 0) is 4.74 Å². The van der Waals surface area contributed by atoms with E-state index in [2.05, 4.69) is 20.9 Å². The Balaban J connectivity index is 1.96. The van der Waals surface area contributed by atoms with Gasteiger partial charge in [-0.05, 0) is 24.3 Å². The Kier molecular flexibility index (Phi) is 4.87. The third-order valence-corrected chi connectivity index (χ3v) is 3.16. The lowest BCUT2D eigenvalue weighted by molar-refractivity contribution is 0.0474. The number of esters is 1. The van der Waals surface area contributed by atoms with E-state index >= 15 is 0 Å². The van der Waals surface area contributed by atoms with Crippen molar-refractivity contribution in [1.82, 2.24) is 4.98 Å². The number of benzene rings is 1. The van der Waals surface area contributed by atoms with Crippen LogP contribution in [0.2, 0.25) is 5.15 Å². The van der Waals surface area contributed by atoms with Gasteiger partial charge in [-0.1, -0.05) is 39.7 Å². The molecular weight excluding hydrogens is 346 g/mol. The van der Waals surface area contributed by atoms with Gasteiger partial charge in [0.25, 0.3) is 0 Å². The second kappa shape index (κ2) is 6.63. The average molecular weight is 355 g/mol. The van der Waals surface area contributed by atoms with Crippen LogP contribution in [0.15, 0.2) is 47.1 Å². The van der Waals surface area contributed by atoms with Gasteiger partial charge in [0, 0.05) is 16.2 Å². The number of carbonyl (C=O) groups is 2. The number of hydrogen-bond donors (Lipinski definition) is 0. The minimum Gasteiger partial charge on any atom is -0.454 e. The number of Topliss-reactive ketones (excluding diaryl/α,β-unsaturated/α-hetero) is 1. The number of ketones is 1. The predicted molar refractivity (Wildman–Crippen MR) is 78.0 cm³/mol. The van der Waals surface area contributed by atoms with Gasteiger partial charge in [0.05, 0.1) is 5.56 Å². The molecular formula is C14H9BrClNO3. The Morgan fingerprint density at radius 3 is 2.65 bits per heavy atom. The van der Waals surface area contributed by atoms with E-state index < -0.39 is 5.97 Å². The maximum Gasteiger partial charge on any atom is 0.340 e. The second-order valence-electron chi connectivity index (χ2n) is 3.88. The van der Waals surface area contributed by atoms with Gasteiger partial charge in [-0.15, -0.1) is 0 Å². The number of pyridine rings is 1. The lowest BCUT2D eigenvalue weighted by Crippen LogP contribution is -2.14. The van der Waals surface area contributed by atoms with E-state index in [1.165, 1.54) is 18.3 Å². The molecule has 0 spiro atoms. The topological polar surface area (TPSA) is 56.3 Å². The summed E-state index contributed by atoms with van der Waals surface area (Å²) in [6.45, 7) is -0.322. The third-order valence-electron chi connectivity index (χ3n) is 2.44. The van der Waals surface area contributed by atoms with Crippen molar-refractivity contribution in [3.63, 3.8) is 0 Å². The third kappa shape index (κ3) is 3.88. The van der Waals surface area contributed by atoms with Crippen LogP contribution in [0.1, 0.15) is 20.7 Å².